The minimum Gasteiger partial charge on any atom is -0.497 e. The van der Waals surface area contributed by atoms with Gasteiger partial charge < -0.3 is 19.2 Å². The average molecular weight is 381 g/mol. The Morgan fingerprint density at radius 2 is 2.12 bits per heavy atom. The molecule has 0 unspecified atom stereocenters. The molecule has 26 heavy (non-hydrogen) atoms. The molecule has 1 atom stereocenters. The zero-order chi connectivity index (χ0) is 18.9. The van der Waals surface area contributed by atoms with Gasteiger partial charge in [-0.3, -0.25) is 4.79 Å². The van der Waals surface area contributed by atoms with Gasteiger partial charge in [0.2, 0.25) is 5.76 Å². The van der Waals surface area contributed by atoms with Crippen molar-refractivity contribution in [3.63, 3.8) is 0 Å². The lowest BCUT2D eigenvalue weighted by Gasteiger charge is -2.10. The van der Waals surface area contributed by atoms with Gasteiger partial charge in [0.05, 0.1) is 18.6 Å². The molecule has 2 aromatic rings. The fraction of sp³-hybridized carbons (Fsp3) is 0.412. The number of amides is 1. The number of hydrogen-bond acceptors (Lipinski definition) is 7. The molecule has 1 amide bonds. The summed E-state index contributed by atoms with van der Waals surface area (Å²) in [6.07, 6.45) is 0.368. The zero-order valence-electron chi connectivity index (χ0n) is 14.4. The molecule has 1 fully saturated rings. The van der Waals surface area contributed by atoms with Crippen LogP contribution < -0.4 is 10.1 Å². The Hall–Kier alpha value is -2.55. The van der Waals surface area contributed by atoms with Crippen molar-refractivity contribution in [2.75, 3.05) is 25.2 Å². The minimum atomic E-state index is -3.09. The summed E-state index contributed by atoms with van der Waals surface area (Å²) in [5.74, 6) is -0.684. The summed E-state index contributed by atoms with van der Waals surface area (Å²) in [6.45, 7) is 1.21. The molecule has 1 saturated heterocycles. The van der Waals surface area contributed by atoms with Gasteiger partial charge in [-0.15, -0.1) is 0 Å². The van der Waals surface area contributed by atoms with Crippen LogP contribution in [-0.4, -0.2) is 51.6 Å². The monoisotopic (exact) mass is 381 g/mol. The quantitative estimate of drug-likeness (QED) is 0.775. The number of sulfone groups is 1. The second kappa shape index (κ2) is 6.99. The lowest BCUT2D eigenvalue weighted by atomic mass is 10.1. The Morgan fingerprint density at radius 3 is 2.77 bits per heavy atom. The molecule has 9 heteroatoms. The number of ether oxygens (including phenoxy) is 2. The van der Waals surface area contributed by atoms with Gasteiger partial charge in [-0.2, -0.15) is 0 Å². The molecular formula is C17H19NO7S. The number of fused-ring (bicyclic) bond motifs is 1. The first-order chi connectivity index (χ1) is 12.3. The van der Waals surface area contributed by atoms with Crippen LogP contribution in [0, 0.1) is 6.92 Å². The highest BCUT2D eigenvalue weighted by Gasteiger charge is 2.29. The van der Waals surface area contributed by atoms with E-state index in [1.807, 2.05) is 0 Å². The smallest absolute Gasteiger partial charge is 0.375 e. The summed E-state index contributed by atoms with van der Waals surface area (Å²) < 4.78 is 38.4. The average Bonchev–Trinajstić information content (AvgIpc) is 3.11. The molecule has 1 aromatic heterocycles. The first-order valence-electron chi connectivity index (χ1n) is 8.03. The molecule has 0 radical (unpaired) electrons. The molecule has 2 heterocycles. The van der Waals surface area contributed by atoms with Gasteiger partial charge in [-0.25, -0.2) is 13.2 Å². The number of esters is 1. The molecule has 0 bridgehead atoms. The van der Waals surface area contributed by atoms with Crippen molar-refractivity contribution in [1.82, 2.24) is 5.32 Å². The Kier molecular flexibility index (Phi) is 4.90. The first kappa shape index (κ1) is 18.2. The van der Waals surface area contributed by atoms with Crippen LogP contribution in [0.15, 0.2) is 22.6 Å². The van der Waals surface area contributed by atoms with Crippen LogP contribution in [0.5, 0.6) is 5.75 Å². The normalized spacial score (nSPS) is 18.6. The predicted molar refractivity (Wildman–Crippen MR) is 93.0 cm³/mol. The number of benzene rings is 1. The number of carbonyl (C=O) groups excluding carboxylic acids is 2. The number of rotatable bonds is 5. The SMILES string of the molecule is COc1ccc2oc(C(=O)OCC(=O)N[C@@H]3CCS(=O)(=O)C3)c(C)c2c1. The van der Waals surface area contributed by atoms with Gasteiger partial charge in [-0.1, -0.05) is 0 Å². The van der Waals surface area contributed by atoms with E-state index in [2.05, 4.69) is 5.32 Å². The van der Waals surface area contributed by atoms with E-state index < -0.39 is 34.4 Å². The van der Waals surface area contributed by atoms with Crippen molar-refractivity contribution < 1.29 is 31.9 Å². The Balaban J connectivity index is 1.62. The van der Waals surface area contributed by atoms with Crippen LogP contribution in [0.4, 0.5) is 0 Å². The van der Waals surface area contributed by atoms with Crippen LogP contribution in [-0.2, 0) is 19.4 Å². The van der Waals surface area contributed by atoms with E-state index in [9.17, 15) is 18.0 Å². The maximum Gasteiger partial charge on any atom is 0.375 e. The van der Waals surface area contributed by atoms with Gasteiger partial charge in [0.25, 0.3) is 5.91 Å². The second-order valence-electron chi connectivity index (χ2n) is 6.16. The van der Waals surface area contributed by atoms with Crippen molar-refractivity contribution in [2.45, 2.75) is 19.4 Å². The van der Waals surface area contributed by atoms with E-state index in [-0.39, 0.29) is 17.3 Å². The molecule has 3 rings (SSSR count). The van der Waals surface area contributed by atoms with Gasteiger partial charge in [0.15, 0.2) is 16.4 Å². The fourth-order valence-electron chi connectivity index (χ4n) is 2.90. The third-order valence-electron chi connectivity index (χ3n) is 4.26. The third-order valence-corrected chi connectivity index (χ3v) is 6.03. The number of nitrogens with one attached hydrogen (secondary N) is 1. The van der Waals surface area contributed by atoms with Crippen LogP contribution in [0.25, 0.3) is 11.0 Å². The fourth-order valence-corrected chi connectivity index (χ4v) is 4.57. The van der Waals surface area contributed by atoms with E-state index >= 15 is 0 Å². The number of methoxy groups -OCH3 is 1. The van der Waals surface area contributed by atoms with Crippen molar-refractivity contribution >= 4 is 32.7 Å². The molecule has 1 N–H and O–H groups in total. The van der Waals surface area contributed by atoms with Crippen molar-refractivity contribution in [3.8, 4) is 5.75 Å². The number of aryl methyl sites for hydroxylation is 1. The van der Waals surface area contributed by atoms with E-state index in [0.717, 1.165) is 5.39 Å². The summed E-state index contributed by atoms with van der Waals surface area (Å²) in [5, 5.41) is 3.27. The lowest BCUT2D eigenvalue weighted by Crippen LogP contribution is -2.38. The van der Waals surface area contributed by atoms with Gasteiger partial charge in [-0.05, 0) is 31.5 Å². The lowest BCUT2D eigenvalue weighted by molar-refractivity contribution is -0.124. The van der Waals surface area contributed by atoms with E-state index in [1.54, 1.807) is 32.2 Å². The van der Waals surface area contributed by atoms with Crippen LogP contribution in [0.2, 0.25) is 0 Å². The first-order valence-corrected chi connectivity index (χ1v) is 9.85. The standard InChI is InChI=1S/C17H19NO7S/c1-10-13-7-12(23-2)3-4-14(13)25-16(10)17(20)24-8-15(19)18-11-5-6-26(21,22)9-11/h3-4,7,11H,5-6,8-9H2,1-2H3,(H,18,19)/t11-/m1/s1. The Morgan fingerprint density at radius 1 is 1.35 bits per heavy atom. The molecule has 8 nitrogen and oxygen atoms in total. The van der Waals surface area contributed by atoms with Gasteiger partial charge >= 0.3 is 5.97 Å². The van der Waals surface area contributed by atoms with Crippen LogP contribution >= 0.6 is 0 Å². The largest absolute Gasteiger partial charge is 0.497 e. The molecule has 0 aliphatic carbocycles. The van der Waals surface area contributed by atoms with E-state index in [4.69, 9.17) is 13.9 Å². The molecule has 1 aliphatic heterocycles. The summed E-state index contributed by atoms with van der Waals surface area (Å²) in [6, 6.07) is 4.71. The number of furan rings is 1. The molecule has 1 aromatic carbocycles. The zero-order valence-corrected chi connectivity index (χ0v) is 15.2. The van der Waals surface area contributed by atoms with Gasteiger partial charge in [0.1, 0.15) is 11.3 Å². The molecular weight excluding hydrogens is 362 g/mol. The van der Waals surface area contributed by atoms with Crippen molar-refractivity contribution in [3.05, 3.63) is 29.5 Å². The van der Waals surface area contributed by atoms with E-state index in [1.165, 1.54) is 0 Å². The highest BCUT2D eigenvalue weighted by Crippen LogP contribution is 2.29. The van der Waals surface area contributed by atoms with E-state index in [0.29, 0.717) is 23.3 Å². The maximum atomic E-state index is 12.2. The molecule has 0 saturated carbocycles. The Bertz CT molecular complexity index is 961. The van der Waals surface area contributed by atoms with Gasteiger partial charge in [0, 0.05) is 17.0 Å². The summed E-state index contributed by atoms with van der Waals surface area (Å²) in [5.41, 5.74) is 1.10. The van der Waals surface area contributed by atoms with Crippen molar-refractivity contribution in [1.29, 1.82) is 0 Å². The maximum absolute atomic E-state index is 12.2. The highest BCUT2D eigenvalue weighted by molar-refractivity contribution is 7.91. The summed E-state index contributed by atoms with van der Waals surface area (Å²) in [4.78, 5) is 24.1. The number of hydrogen-bond donors (Lipinski definition) is 1. The third kappa shape index (κ3) is 3.82. The van der Waals surface area contributed by atoms with Crippen LogP contribution in [0.3, 0.4) is 0 Å². The molecule has 1 aliphatic rings. The molecule has 140 valence electrons. The second-order valence-corrected chi connectivity index (χ2v) is 8.39. The van der Waals surface area contributed by atoms with Crippen molar-refractivity contribution in [2.24, 2.45) is 0 Å². The predicted octanol–water partition coefficient (Wildman–Crippen LogP) is 1.21. The van der Waals surface area contributed by atoms with Crippen LogP contribution in [0.1, 0.15) is 22.5 Å². The summed E-state index contributed by atoms with van der Waals surface area (Å²) in [7, 11) is -1.55. The minimum absolute atomic E-state index is 0.0181. The number of carbonyl (C=O) groups is 2. The Labute approximate surface area is 150 Å². The topological polar surface area (TPSA) is 112 Å². The summed E-state index contributed by atoms with van der Waals surface area (Å²) >= 11 is 0. The molecule has 0 spiro atoms. The highest BCUT2D eigenvalue weighted by atomic mass is 32.2.